The molecule has 79 heavy (non-hydrogen) atoms. The van der Waals surface area contributed by atoms with E-state index < -0.39 is 6.10 Å². The highest BCUT2D eigenvalue weighted by atomic mass is 16.6. The minimum absolute atomic E-state index is 0.0788. The first-order chi connectivity index (χ1) is 39.0. The monoisotopic (exact) mass is 1110 g/mol. The van der Waals surface area contributed by atoms with Crippen LogP contribution in [0.4, 0.5) is 0 Å². The Kier molecular flexibility index (Phi) is 65.1. The number of rotatable bonds is 64. The zero-order valence-electron chi connectivity index (χ0n) is 52.9. The second-order valence-electron chi connectivity index (χ2n) is 23.4. The van der Waals surface area contributed by atoms with Crippen LogP contribution in [0, 0.1) is 0 Å². The molecule has 460 valence electrons. The van der Waals surface area contributed by atoms with Gasteiger partial charge in [-0.3, -0.25) is 14.4 Å². The molecule has 0 amide bonds. The first-order valence-corrected chi connectivity index (χ1v) is 34.8. The van der Waals surface area contributed by atoms with Crippen molar-refractivity contribution in [1.29, 1.82) is 0 Å². The van der Waals surface area contributed by atoms with Gasteiger partial charge in [-0.2, -0.15) is 0 Å². The molecule has 6 heteroatoms. The Morgan fingerprint density at radius 1 is 0.253 bits per heavy atom. The molecule has 0 N–H and O–H groups in total. The van der Waals surface area contributed by atoms with E-state index in [1.807, 2.05) is 0 Å². The maximum Gasteiger partial charge on any atom is 0.306 e. The maximum atomic E-state index is 12.9. The highest BCUT2D eigenvalue weighted by molar-refractivity contribution is 5.71. The van der Waals surface area contributed by atoms with Gasteiger partial charge in [-0.05, 0) is 103 Å². The third-order valence-corrected chi connectivity index (χ3v) is 15.4. The summed E-state index contributed by atoms with van der Waals surface area (Å²) in [5.41, 5.74) is 0. The number of carbonyl (C=O) groups is 3. The van der Waals surface area contributed by atoms with Gasteiger partial charge >= 0.3 is 17.9 Å². The summed E-state index contributed by atoms with van der Waals surface area (Å²) in [5, 5.41) is 0. The van der Waals surface area contributed by atoms with Gasteiger partial charge < -0.3 is 14.2 Å². The zero-order valence-corrected chi connectivity index (χ0v) is 52.9. The Morgan fingerprint density at radius 3 is 0.772 bits per heavy atom. The number of unbranched alkanes of at least 4 members (excludes halogenated alkanes) is 43. The molecule has 0 aliphatic carbocycles. The normalized spacial score (nSPS) is 12.4. The highest BCUT2D eigenvalue weighted by Crippen LogP contribution is 2.18. The summed E-state index contributed by atoms with van der Waals surface area (Å²) in [6.45, 7) is 6.57. The largest absolute Gasteiger partial charge is 0.462 e. The van der Waals surface area contributed by atoms with Crippen LogP contribution in [0.2, 0.25) is 0 Å². The topological polar surface area (TPSA) is 78.9 Å². The molecule has 0 fully saturated rings. The Morgan fingerprint density at radius 2 is 0.481 bits per heavy atom. The van der Waals surface area contributed by atoms with Crippen molar-refractivity contribution < 1.29 is 28.6 Å². The molecule has 0 aromatic rings. The lowest BCUT2D eigenvalue weighted by Gasteiger charge is -2.18. The molecule has 0 aromatic heterocycles. The molecule has 1 atom stereocenters. The zero-order chi connectivity index (χ0) is 57.1. The van der Waals surface area contributed by atoms with Gasteiger partial charge in [0.05, 0.1) is 0 Å². The van der Waals surface area contributed by atoms with Crippen molar-refractivity contribution in [2.75, 3.05) is 13.2 Å². The summed E-state index contributed by atoms with van der Waals surface area (Å²) in [6, 6.07) is 0. The van der Waals surface area contributed by atoms with E-state index in [0.29, 0.717) is 19.3 Å². The summed E-state index contributed by atoms with van der Waals surface area (Å²) in [4.78, 5) is 38.2. The molecule has 0 rings (SSSR count). The van der Waals surface area contributed by atoms with Gasteiger partial charge in [0.15, 0.2) is 6.10 Å². The summed E-state index contributed by atoms with van der Waals surface area (Å²) < 4.78 is 16.9. The molecular weight excluding hydrogens is 973 g/mol. The first kappa shape index (κ1) is 76.1. The molecule has 6 nitrogen and oxygen atoms in total. The lowest BCUT2D eigenvalue weighted by atomic mass is 10.0. The van der Waals surface area contributed by atoms with E-state index in [1.54, 1.807) is 0 Å². The Bertz CT molecular complexity index is 1410. The van der Waals surface area contributed by atoms with Gasteiger partial charge in [-0.25, -0.2) is 0 Å². The van der Waals surface area contributed by atoms with Gasteiger partial charge in [-0.1, -0.05) is 306 Å². The third kappa shape index (κ3) is 65.8. The number of esters is 3. The van der Waals surface area contributed by atoms with Crippen molar-refractivity contribution >= 4 is 17.9 Å². The van der Waals surface area contributed by atoms with Crippen LogP contribution in [-0.4, -0.2) is 37.2 Å². The van der Waals surface area contributed by atoms with Crippen LogP contribution in [0.15, 0.2) is 60.8 Å². The molecule has 0 aromatic carbocycles. The third-order valence-electron chi connectivity index (χ3n) is 15.4. The number of carbonyl (C=O) groups excluding carboxylic acids is 3. The van der Waals surface area contributed by atoms with Gasteiger partial charge in [0, 0.05) is 19.3 Å². The SMILES string of the molecule is CCC/C=C\C/C=C\CCCCCCCC(=O)OC(COC(=O)CCCCCCC/C=C\CCCCCC)COC(=O)CCCCCCCCCCCCCCCCCCCCCCCCC/C=C\C/C=C\CCCCCCC. The molecular formula is C73H132O6. The van der Waals surface area contributed by atoms with E-state index >= 15 is 0 Å². The predicted octanol–water partition coefficient (Wildman–Crippen LogP) is 23.9. The average molecular weight is 1110 g/mol. The molecule has 0 bridgehead atoms. The number of ether oxygens (including phenoxy) is 3. The van der Waals surface area contributed by atoms with E-state index in [9.17, 15) is 14.4 Å². The van der Waals surface area contributed by atoms with Gasteiger partial charge in [0.25, 0.3) is 0 Å². The molecule has 0 heterocycles. The molecule has 0 radical (unpaired) electrons. The average Bonchev–Trinajstić information content (AvgIpc) is 3.45. The van der Waals surface area contributed by atoms with E-state index in [2.05, 4.69) is 81.5 Å². The number of allylic oxidation sites excluding steroid dienone is 10. The Hall–Kier alpha value is -2.89. The number of hydrogen-bond donors (Lipinski definition) is 0. The summed E-state index contributed by atoms with van der Waals surface area (Å²) in [7, 11) is 0. The van der Waals surface area contributed by atoms with Crippen LogP contribution < -0.4 is 0 Å². The smallest absolute Gasteiger partial charge is 0.306 e. The molecule has 0 aliphatic rings. The highest BCUT2D eigenvalue weighted by Gasteiger charge is 2.19. The fourth-order valence-corrected chi connectivity index (χ4v) is 10.2. The van der Waals surface area contributed by atoms with Gasteiger partial charge in [-0.15, -0.1) is 0 Å². The van der Waals surface area contributed by atoms with Crippen molar-refractivity contribution in [1.82, 2.24) is 0 Å². The van der Waals surface area contributed by atoms with E-state index in [0.717, 1.165) is 103 Å². The first-order valence-electron chi connectivity index (χ1n) is 34.8. The fourth-order valence-electron chi connectivity index (χ4n) is 10.2. The van der Waals surface area contributed by atoms with Crippen molar-refractivity contribution in [3.05, 3.63) is 60.8 Å². The lowest BCUT2D eigenvalue weighted by molar-refractivity contribution is -0.167. The second kappa shape index (κ2) is 67.6. The van der Waals surface area contributed by atoms with Crippen LogP contribution in [0.3, 0.4) is 0 Å². The van der Waals surface area contributed by atoms with Crippen LogP contribution in [0.5, 0.6) is 0 Å². The van der Waals surface area contributed by atoms with Crippen molar-refractivity contribution in [3.63, 3.8) is 0 Å². The maximum absolute atomic E-state index is 12.9. The standard InChI is InChI=1S/C73H132O6/c1-4-7-10-13-16-19-22-25-26-27-28-29-30-31-32-33-34-35-36-37-38-39-40-41-42-43-44-45-46-49-51-54-57-60-63-66-72(75)78-69-70(79-73(76)67-64-61-58-55-52-48-24-21-18-15-12-9-6-3)68-77-71(74)65-62-59-56-53-50-47-23-20-17-14-11-8-5-2/h12,15,20-25,27-28,70H,4-11,13-14,16-19,26,29-69H2,1-3H3/b15-12-,23-20-,24-21-,25-22-,28-27-. The lowest BCUT2D eigenvalue weighted by Crippen LogP contribution is -2.30. The molecule has 1 unspecified atom stereocenters. The van der Waals surface area contributed by atoms with Crippen LogP contribution in [-0.2, 0) is 28.6 Å². The molecule has 0 spiro atoms. The fraction of sp³-hybridized carbons (Fsp3) is 0.822. The molecule has 0 saturated heterocycles. The predicted molar refractivity (Wildman–Crippen MR) is 344 cm³/mol. The van der Waals surface area contributed by atoms with Crippen molar-refractivity contribution in [3.8, 4) is 0 Å². The van der Waals surface area contributed by atoms with Crippen LogP contribution in [0.25, 0.3) is 0 Å². The molecule has 0 saturated carbocycles. The second-order valence-corrected chi connectivity index (χ2v) is 23.4. The summed E-state index contributed by atoms with van der Waals surface area (Å²) in [5.74, 6) is -0.885. The van der Waals surface area contributed by atoms with Crippen molar-refractivity contribution in [2.45, 2.75) is 374 Å². The molecule has 0 aliphatic heterocycles. The Balaban J connectivity index is 4.04. The minimum Gasteiger partial charge on any atom is -0.462 e. The Labute approximate surface area is 491 Å². The minimum atomic E-state index is -0.783. The van der Waals surface area contributed by atoms with Crippen LogP contribution >= 0.6 is 0 Å². The van der Waals surface area contributed by atoms with E-state index in [-0.39, 0.29) is 31.1 Å². The quantitative estimate of drug-likeness (QED) is 0.0261. The van der Waals surface area contributed by atoms with Gasteiger partial charge in [0.2, 0.25) is 0 Å². The van der Waals surface area contributed by atoms with Crippen LogP contribution in [0.1, 0.15) is 367 Å². The van der Waals surface area contributed by atoms with Gasteiger partial charge in [0.1, 0.15) is 13.2 Å². The van der Waals surface area contributed by atoms with E-state index in [1.165, 1.54) is 225 Å². The summed E-state index contributed by atoms with van der Waals surface area (Å²) in [6.07, 6.45) is 87.0. The number of hydrogen-bond acceptors (Lipinski definition) is 6. The van der Waals surface area contributed by atoms with Crippen molar-refractivity contribution in [2.24, 2.45) is 0 Å². The summed E-state index contributed by atoms with van der Waals surface area (Å²) >= 11 is 0. The van der Waals surface area contributed by atoms with E-state index in [4.69, 9.17) is 14.2 Å².